The zero-order valence-electron chi connectivity index (χ0n) is 13.2. The lowest BCUT2D eigenvalue weighted by Gasteiger charge is -2.22. The normalized spacial score (nSPS) is 10.1. The number of nitrogens with zero attached hydrogens (tertiary/aromatic N) is 1. The van der Waals surface area contributed by atoms with Crippen LogP contribution in [-0.4, -0.2) is 36.5 Å². The molecule has 0 heterocycles. The molecule has 0 saturated carbocycles. The fraction of sp³-hybridized carbons (Fsp3) is 0.294. The Labute approximate surface area is 137 Å². The van der Waals surface area contributed by atoms with Gasteiger partial charge in [0.25, 0.3) is 0 Å². The first-order chi connectivity index (χ1) is 11.1. The summed E-state index contributed by atoms with van der Waals surface area (Å²) in [5.74, 6) is 0. The minimum absolute atomic E-state index is 0.0738. The summed E-state index contributed by atoms with van der Waals surface area (Å²) >= 11 is 0. The van der Waals surface area contributed by atoms with Crippen LogP contribution in [-0.2, 0) is 0 Å². The molecule has 0 atom stereocenters. The molecule has 0 aliphatic heterocycles. The van der Waals surface area contributed by atoms with Gasteiger partial charge in [-0.3, -0.25) is 0 Å². The Balaban J connectivity index is 0.000000253. The van der Waals surface area contributed by atoms with Crippen LogP contribution in [0.1, 0.15) is 11.7 Å². The average Bonchev–Trinajstić information content (AvgIpc) is 2.57. The van der Waals surface area contributed by atoms with Crippen molar-refractivity contribution in [2.45, 2.75) is 6.17 Å². The number of aliphatic hydroxyl groups excluding tert-OH is 2. The van der Waals surface area contributed by atoms with Gasteiger partial charge in [-0.1, -0.05) is 30.3 Å². The maximum absolute atomic E-state index is 8.83. The van der Waals surface area contributed by atoms with Gasteiger partial charge >= 0.3 is 0 Å². The van der Waals surface area contributed by atoms with Crippen LogP contribution in [0.2, 0.25) is 0 Å². The van der Waals surface area contributed by atoms with Crippen molar-refractivity contribution in [2.24, 2.45) is 11.5 Å². The van der Waals surface area contributed by atoms with E-state index in [0.717, 1.165) is 11.3 Å². The molecule has 6 nitrogen and oxygen atoms in total. The molecule has 8 N–H and O–H groups in total. The second-order valence-corrected chi connectivity index (χ2v) is 4.96. The summed E-state index contributed by atoms with van der Waals surface area (Å²) in [5.41, 5.74) is 19.0. The lowest BCUT2D eigenvalue weighted by atomic mass is 10.2. The molecule has 0 aliphatic carbocycles. The number of aliphatic hydroxyl groups is 2. The highest BCUT2D eigenvalue weighted by Crippen LogP contribution is 2.15. The van der Waals surface area contributed by atoms with E-state index in [1.54, 1.807) is 12.1 Å². The molecule has 0 bridgehead atoms. The van der Waals surface area contributed by atoms with E-state index in [-0.39, 0.29) is 19.4 Å². The monoisotopic (exact) mass is 318 g/mol. The maximum Gasteiger partial charge on any atom is 0.0784 e. The summed E-state index contributed by atoms with van der Waals surface area (Å²) in [6.07, 6.45) is -0.341. The Morgan fingerprint density at radius 1 is 0.826 bits per heavy atom. The van der Waals surface area contributed by atoms with Crippen LogP contribution in [0.4, 0.5) is 11.4 Å². The van der Waals surface area contributed by atoms with Gasteiger partial charge in [-0.15, -0.1) is 0 Å². The van der Waals surface area contributed by atoms with Crippen molar-refractivity contribution < 1.29 is 10.2 Å². The molecule has 0 radical (unpaired) electrons. The van der Waals surface area contributed by atoms with Gasteiger partial charge in [-0.25, -0.2) is 0 Å². The number of hydrogen-bond donors (Lipinski definition) is 5. The van der Waals surface area contributed by atoms with Crippen LogP contribution in [0.15, 0.2) is 54.6 Å². The Bertz CT molecular complexity index is 526. The Kier molecular flexibility index (Phi) is 8.71. The van der Waals surface area contributed by atoms with E-state index in [4.69, 9.17) is 27.4 Å². The molecule has 0 unspecified atom stereocenters. The molecule has 0 saturated heterocycles. The predicted molar refractivity (Wildman–Crippen MR) is 94.8 cm³/mol. The zero-order valence-corrected chi connectivity index (χ0v) is 13.2. The molecule has 0 aliphatic rings. The second kappa shape index (κ2) is 10.6. The highest BCUT2D eigenvalue weighted by molar-refractivity contribution is 5.53. The standard InChI is InChI=1S/C10H16N2O2.C7H10N2/c11-9-1-3-10(4-2-9)12(5-7-13)6-8-14;8-7(9)6-4-2-1-3-5-6/h1-4,13-14H,5-8,11H2;1-5,7H,8-9H2. The predicted octanol–water partition coefficient (Wildman–Crippen LogP) is 0.662. The van der Waals surface area contributed by atoms with Gasteiger partial charge in [0, 0.05) is 24.5 Å². The number of hydrogen-bond acceptors (Lipinski definition) is 6. The minimum atomic E-state index is -0.341. The van der Waals surface area contributed by atoms with Gasteiger partial charge in [-0.05, 0) is 29.8 Å². The molecule has 0 fully saturated rings. The van der Waals surface area contributed by atoms with E-state index in [0.29, 0.717) is 18.8 Å². The quantitative estimate of drug-likeness (QED) is 0.394. The summed E-state index contributed by atoms with van der Waals surface area (Å²) in [6, 6.07) is 16.9. The third-order valence-electron chi connectivity index (χ3n) is 3.18. The molecule has 2 aromatic rings. The van der Waals surface area contributed by atoms with Crippen LogP contribution < -0.4 is 22.1 Å². The van der Waals surface area contributed by atoms with Crippen molar-refractivity contribution >= 4 is 11.4 Å². The van der Waals surface area contributed by atoms with E-state index in [9.17, 15) is 0 Å². The molecule has 0 aromatic heterocycles. The first-order valence-electron chi connectivity index (χ1n) is 7.46. The number of rotatable bonds is 6. The number of benzene rings is 2. The van der Waals surface area contributed by atoms with Crippen molar-refractivity contribution in [1.29, 1.82) is 0 Å². The topological polar surface area (TPSA) is 122 Å². The molecule has 2 rings (SSSR count). The maximum atomic E-state index is 8.83. The lowest BCUT2D eigenvalue weighted by Crippen LogP contribution is -2.29. The molecule has 0 amide bonds. The Morgan fingerprint density at radius 2 is 1.35 bits per heavy atom. The Morgan fingerprint density at radius 3 is 1.74 bits per heavy atom. The minimum Gasteiger partial charge on any atom is -0.399 e. The van der Waals surface area contributed by atoms with Crippen LogP contribution >= 0.6 is 0 Å². The van der Waals surface area contributed by atoms with Crippen molar-refractivity contribution in [3.05, 3.63) is 60.2 Å². The number of nitrogens with two attached hydrogens (primary N) is 3. The van der Waals surface area contributed by atoms with Crippen LogP contribution in [0, 0.1) is 0 Å². The highest BCUT2D eigenvalue weighted by Gasteiger charge is 2.03. The number of anilines is 2. The van der Waals surface area contributed by atoms with E-state index in [2.05, 4.69) is 0 Å². The van der Waals surface area contributed by atoms with Gasteiger partial charge in [0.15, 0.2) is 0 Å². The second-order valence-electron chi connectivity index (χ2n) is 4.96. The van der Waals surface area contributed by atoms with Gasteiger partial charge in [0.2, 0.25) is 0 Å². The van der Waals surface area contributed by atoms with Crippen molar-refractivity contribution in [3.8, 4) is 0 Å². The molecular weight excluding hydrogens is 292 g/mol. The van der Waals surface area contributed by atoms with E-state index in [1.807, 2.05) is 47.4 Å². The molecule has 23 heavy (non-hydrogen) atoms. The largest absolute Gasteiger partial charge is 0.399 e. The van der Waals surface area contributed by atoms with Gasteiger partial charge in [-0.2, -0.15) is 0 Å². The molecule has 6 heteroatoms. The van der Waals surface area contributed by atoms with Crippen LogP contribution in [0.25, 0.3) is 0 Å². The SMILES string of the molecule is NC(N)c1ccccc1.Nc1ccc(N(CCO)CCO)cc1. The first-order valence-corrected chi connectivity index (χ1v) is 7.46. The fourth-order valence-electron chi connectivity index (χ4n) is 1.97. The third kappa shape index (κ3) is 7.12. The van der Waals surface area contributed by atoms with Crippen molar-refractivity contribution in [2.75, 3.05) is 36.9 Å². The lowest BCUT2D eigenvalue weighted by molar-refractivity contribution is 0.281. The first kappa shape index (κ1) is 18.9. The summed E-state index contributed by atoms with van der Waals surface area (Å²) in [7, 11) is 0. The summed E-state index contributed by atoms with van der Waals surface area (Å²) in [6.45, 7) is 1.18. The molecule has 0 spiro atoms. The fourth-order valence-corrected chi connectivity index (χ4v) is 1.97. The van der Waals surface area contributed by atoms with Gasteiger partial charge in [0.1, 0.15) is 0 Å². The number of nitrogen functional groups attached to an aromatic ring is 1. The smallest absolute Gasteiger partial charge is 0.0784 e. The Hall–Kier alpha value is -2.12. The van der Waals surface area contributed by atoms with Crippen LogP contribution in [0.5, 0.6) is 0 Å². The van der Waals surface area contributed by atoms with Gasteiger partial charge in [0.05, 0.1) is 19.4 Å². The van der Waals surface area contributed by atoms with E-state index in [1.165, 1.54) is 0 Å². The summed E-state index contributed by atoms with van der Waals surface area (Å²) in [5, 5.41) is 17.7. The van der Waals surface area contributed by atoms with E-state index < -0.39 is 0 Å². The van der Waals surface area contributed by atoms with E-state index >= 15 is 0 Å². The average molecular weight is 318 g/mol. The van der Waals surface area contributed by atoms with Crippen LogP contribution in [0.3, 0.4) is 0 Å². The zero-order chi connectivity index (χ0) is 17.1. The van der Waals surface area contributed by atoms with Crippen molar-refractivity contribution in [3.63, 3.8) is 0 Å². The third-order valence-corrected chi connectivity index (χ3v) is 3.18. The highest BCUT2D eigenvalue weighted by atomic mass is 16.3. The van der Waals surface area contributed by atoms with Gasteiger partial charge < -0.3 is 32.3 Å². The molecular formula is C17H26N4O2. The molecule has 126 valence electrons. The summed E-state index contributed by atoms with van der Waals surface area (Å²) in [4.78, 5) is 1.90. The van der Waals surface area contributed by atoms with Crippen molar-refractivity contribution in [1.82, 2.24) is 0 Å². The summed E-state index contributed by atoms with van der Waals surface area (Å²) < 4.78 is 0. The molecule has 2 aromatic carbocycles.